The quantitative estimate of drug-likeness (QED) is 0.606. The fraction of sp³-hybridized carbons (Fsp3) is 0.455. The number of benzene rings is 1. The number of amides is 1. The smallest absolute Gasteiger partial charge is 0.298 e. The molecule has 3 aromatic rings. The first-order valence-corrected chi connectivity index (χ1v) is 11.7. The van der Waals surface area contributed by atoms with Gasteiger partial charge in [-0.05, 0) is 37.1 Å². The molecule has 0 N–H and O–H groups in total. The minimum Gasteiger partial charge on any atom is -0.423 e. The summed E-state index contributed by atoms with van der Waals surface area (Å²) in [5.41, 5.74) is 1.70. The summed E-state index contributed by atoms with van der Waals surface area (Å²) in [4.78, 5) is 25.5. The second-order valence-electron chi connectivity index (χ2n) is 8.03. The van der Waals surface area contributed by atoms with Crippen molar-refractivity contribution in [1.29, 1.82) is 0 Å². The molecule has 2 saturated heterocycles. The van der Waals surface area contributed by atoms with Gasteiger partial charge < -0.3 is 14.2 Å². The molecule has 1 amide bonds. The Balaban J connectivity index is 1.12. The number of para-hydroxylation sites is 2. The highest BCUT2D eigenvalue weighted by Crippen LogP contribution is 2.28. The number of piperidine rings is 1. The molecule has 8 heteroatoms. The number of oxazole rings is 1. The molecule has 2 aliphatic heterocycles. The summed E-state index contributed by atoms with van der Waals surface area (Å²) in [7, 11) is 0. The fourth-order valence-corrected chi connectivity index (χ4v) is 5.48. The first kappa shape index (κ1) is 19.8. The molecular formula is C22H25ClN4O2S. The van der Waals surface area contributed by atoms with Crippen LogP contribution in [0.1, 0.15) is 17.7 Å². The molecule has 1 aromatic carbocycles. The Morgan fingerprint density at radius 2 is 1.83 bits per heavy atom. The van der Waals surface area contributed by atoms with Crippen LogP contribution in [-0.4, -0.2) is 60.0 Å². The van der Waals surface area contributed by atoms with Crippen LogP contribution in [0, 0.1) is 5.92 Å². The molecule has 30 heavy (non-hydrogen) atoms. The molecule has 158 valence electrons. The summed E-state index contributed by atoms with van der Waals surface area (Å²) in [6.45, 7) is 5.99. The lowest BCUT2D eigenvalue weighted by atomic mass is 9.95. The third-order valence-electron chi connectivity index (χ3n) is 6.09. The summed E-state index contributed by atoms with van der Waals surface area (Å²) in [6.07, 6.45) is 1.71. The van der Waals surface area contributed by atoms with Crippen molar-refractivity contribution in [2.45, 2.75) is 19.4 Å². The highest BCUT2D eigenvalue weighted by molar-refractivity contribution is 7.16. The van der Waals surface area contributed by atoms with Crippen LogP contribution in [0.4, 0.5) is 6.01 Å². The van der Waals surface area contributed by atoms with Crippen LogP contribution < -0.4 is 4.90 Å². The number of halogens is 1. The molecule has 0 spiro atoms. The van der Waals surface area contributed by atoms with E-state index in [0.717, 1.165) is 74.1 Å². The lowest BCUT2D eigenvalue weighted by molar-refractivity contribution is -0.138. The van der Waals surface area contributed by atoms with Crippen LogP contribution in [0.2, 0.25) is 4.34 Å². The van der Waals surface area contributed by atoms with E-state index in [1.165, 1.54) is 4.88 Å². The first-order chi connectivity index (χ1) is 14.7. The lowest BCUT2D eigenvalue weighted by Crippen LogP contribution is -2.51. The number of thiophene rings is 1. The zero-order valence-electron chi connectivity index (χ0n) is 16.8. The predicted molar refractivity (Wildman–Crippen MR) is 120 cm³/mol. The Hall–Kier alpha value is -2.09. The molecular weight excluding hydrogens is 420 g/mol. The average Bonchev–Trinajstić information content (AvgIpc) is 3.40. The van der Waals surface area contributed by atoms with Crippen LogP contribution in [0.25, 0.3) is 11.1 Å². The van der Waals surface area contributed by atoms with Crippen LogP contribution >= 0.6 is 22.9 Å². The number of carbonyl (C=O) groups excluding carboxylic acids is 1. The van der Waals surface area contributed by atoms with Crippen molar-refractivity contribution < 1.29 is 9.21 Å². The maximum absolute atomic E-state index is 13.0. The average molecular weight is 445 g/mol. The van der Waals surface area contributed by atoms with E-state index in [0.29, 0.717) is 11.9 Å². The van der Waals surface area contributed by atoms with Crippen LogP contribution in [-0.2, 0) is 11.3 Å². The van der Waals surface area contributed by atoms with E-state index in [9.17, 15) is 4.79 Å². The number of aromatic nitrogens is 1. The van der Waals surface area contributed by atoms with Crippen LogP contribution in [0.15, 0.2) is 40.8 Å². The molecule has 0 saturated carbocycles. The molecule has 0 bridgehead atoms. The molecule has 6 nitrogen and oxygen atoms in total. The fourth-order valence-electron chi connectivity index (χ4n) is 4.35. The van der Waals surface area contributed by atoms with Crippen molar-refractivity contribution >= 4 is 46.0 Å². The third kappa shape index (κ3) is 4.19. The number of fused-ring (bicyclic) bond motifs is 1. The van der Waals surface area contributed by atoms with Gasteiger partial charge in [-0.3, -0.25) is 9.69 Å². The van der Waals surface area contributed by atoms with Crippen LogP contribution in [0.5, 0.6) is 0 Å². The van der Waals surface area contributed by atoms with E-state index < -0.39 is 0 Å². The molecule has 2 aliphatic rings. The van der Waals surface area contributed by atoms with Gasteiger partial charge in [0.25, 0.3) is 6.01 Å². The summed E-state index contributed by atoms with van der Waals surface area (Å²) >= 11 is 7.67. The molecule has 2 aromatic heterocycles. The number of nitrogens with zero attached hydrogens (tertiary/aromatic N) is 4. The molecule has 0 aliphatic carbocycles. The topological polar surface area (TPSA) is 52.8 Å². The lowest BCUT2D eigenvalue weighted by Gasteiger charge is -2.38. The zero-order chi connectivity index (χ0) is 20.5. The van der Waals surface area contributed by atoms with Crippen molar-refractivity contribution in [1.82, 2.24) is 14.8 Å². The maximum atomic E-state index is 13.0. The Morgan fingerprint density at radius 3 is 2.53 bits per heavy atom. The summed E-state index contributed by atoms with van der Waals surface area (Å²) < 4.78 is 6.72. The molecule has 2 fully saturated rings. The van der Waals surface area contributed by atoms with Crippen molar-refractivity contribution in [2.24, 2.45) is 5.92 Å². The second kappa shape index (κ2) is 8.57. The van der Waals surface area contributed by atoms with Gasteiger partial charge in [-0.25, -0.2) is 0 Å². The number of rotatable bonds is 4. The van der Waals surface area contributed by atoms with Gasteiger partial charge in [0, 0.05) is 56.6 Å². The highest BCUT2D eigenvalue weighted by Gasteiger charge is 2.31. The van der Waals surface area contributed by atoms with Crippen molar-refractivity contribution in [3.8, 4) is 0 Å². The normalized spacial score (nSPS) is 19.0. The Bertz CT molecular complexity index is 986. The summed E-state index contributed by atoms with van der Waals surface area (Å²) in [5, 5.41) is 0. The van der Waals surface area contributed by atoms with E-state index >= 15 is 0 Å². The molecule has 5 rings (SSSR count). The third-order valence-corrected chi connectivity index (χ3v) is 7.31. The minimum absolute atomic E-state index is 0.105. The van der Waals surface area contributed by atoms with Gasteiger partial charge in [0.05, 0.1) is 4.34 Å². The Labute approximate surface area is 185 Å². The largest absolute Gasteiger partial charge is 0.423 e. The molecule has 0 radical (unpaired) electrons. The first-order valence-electron chi connectivity index (χ1n) is 10.5. The number of piperazine rings is 1. The van der Waals surface area contributed by atoms with Gasteiger partial charge in [0.15, 0.2) is 5.58 Å². The van der Waals surface area contributed by atoms with E-state index in [1.807, 2.05) is 30.3 Å². The number of carbonyl (C=O) groups is 1. The van der Waals surface area contributed by atoms with Crippen molar-refractivity contribution in [2.75, 3.05) is 44.2 Å². The van der Waals surface area contributed by atoms with E-state index in [4.69, 9.17) is 16.0 Å². The standard InChI is InChI=1S/C22H25ClN4O2S/c23-20-6-5-17(30-20)15-25-11-13-26(14-12-25)21(28)16-7-9-27(10-8-16)22-24-18-3-1-2-4-19(18)29-22/h1-6,16H,7-15H2. The highest BCUT2D eigenvalue weighted by atomic mass is 35.5. The van der Waals surface area contributed by atoms with Gasteiger partial charge in [0.2, 0.25) is 5.91 Å². The van der Waals surface area contributed by atoms with E-state index in [-0.39, 0.29) is 5.92 Å². The van der Waals surface area contributed by atoms with Gasteiger partial charge >= 0.3 is 0 Å². The zero-order valence-corrected chi connectivity index (χ0v) is 18.4. The maximum Gasteiger partial charge on any atom is 0.298 e. The van der Waals surface area contributed by atoms with E-state index in [1.54, 1.807) is 11.3 Å². The van der Waals surface area contributed by atoms with Gasteiger partial charge in [-0.2, -0.15) is 4.98 Å². The second-order valence-corrected chi connectivity index (χ2v) is 9.83. The minimum atomic E-state index is 0.105. The van der Waals surface area contributed by atoms with Crippen molar-refractivity contribution in [3.63, 3.8) is 0 Å². The van der Waals surface area contributed by atoms with Crippen molar-refractivity contribution in [3.05, 3.63) is 45.6 Å². The van der Waals surface area contributed by atoms with Gasteiger partial charge in [-0.15, -0.1) is 11.3 Å². The summed E-state index contributed by atoms with van der Waals surface area (Å²) in [6, 6.07) is 12.5. The SMILES string of the molecule is O=C(C1CCN(c2nc3ccccc3o2)CC1)N1CCN(Cc2ccc(Cl)s2)CC1. The predicted octanol–water partition coefficient (Wildman–Crippen LogP) is 4.10. The Morgan fingerprint density at radius 1 is 1.07 bits per heavy atom. The number of hydrogen-bond acceptors (Lipinski definition) is 6. The molecule has 0 unspecified atom stereocenters. The molecule has 4 heterocycles. The van der Waals surface area contributed by atoms with Crippen LogP contribution in [0.3, 0.4) is 0 Å². The monoisotopic (exact) mass is 444 g/mol. The summed E-state index contributed by atoms with van der Waals surface area (Å²) in [5.74, 6) is 0.416. The Kier molecular flexibility index (Phi) is 5.67. The van der Waals surface area contributed by atoms with E-state index in [2.05, 4.69) is 25.8 Å². The number of hydrogen-bond donors (Lipinski definition) is 0. The van der Waals surface area contributed by atoms with Gasteiger partial charge in [0.1, 0.15) is 5.52 Å². The molecule has 0 atom stereocenters. The number of anilines is 1. The van der Waals surface area contributed by atoms with Gasteiger partial charge in [-0.1, -0.05) is 23.7 Å².